The molecule has 0 aliphatic carbocycles. The fraction of sp³-hybridized carbons (Fsp3) is 0.125. The Hall–Kier alpha value is -1.41. The van der Waals surface area contributed by atoms with Crippen molar-refractivity contribution in [1.29, 1.82) is 5.26 Å². The van der Waals surface area contributed by atoms with Gasteiger partial charge in [0.1, 0.15) is 11.6 Å². The SMILES string of the molecule is N#Cc1c(CBr)cccc1[N+](=O)[O-]. The lowest BCUT2D eigenvalue weighted by Crippen LogP contribution is -1.95. The molecule has 1 aromatic rings. The van der Waals surface area contributed by atoms with Crippen molar-refractivity contribution in [2.75, 3.05) is 0 Å². The van der Waals surface area contributed by atoms with E-state index in [4.69, 9.17) is 5.26 Å². The van der Waals surface area contributed by atoms with E-state index in [9.17, 15) is 10.1 Å². The number of nitro groups is 1. The van der Waals surface area contributed by atoms with Crippen LogP contribution in [0.1, 0.15) is 11.1 Å². The molecule has 0 fully saturated rings. The summed E-state index contributed by atoms with van der Waals surface area (Å²) in [6.45, 7) is 0. The Morgan fingerprint density at radius 3 is 2.77 bits per heavy atom. The first-order valence-electron chi connectivity index (χ1n) is 3.43. The van der Waals surface area contributed by atoms with Gasteiger partial charge in [-0.15, -0.1) is 0 Å². The van der Waals surface area contributed by atoms with E-state index in [0.717, 1.165) is 0 Å². The van der Waals surface area contributed by atoms with Gasteiger partial charge < -0.3 is 0 Å². The summed E-state index contributed by atoms with van der Waals surface area (Å²) in [7, 11) is 0. The molecular formula is C8H5BrN2O2. The van der Waals surface area contributed by atoms with Crippen molar-refractivity contribution < 1.29 is 4.92 Å². The third-order valence-corrected chi connectivity index (χ3v) is 2.19. The molecule has 0 aliphatic heterocycles. The molecule has 0 atom stereocenters. The van der Waals surface area contributed by atoms with Gasteiger partial charge in [-0.2, -0.15) is 5.26 Å². The molecule has 0 aliphatic rings. The van der Waals surface area contributed by atoms with Crippen molar-refractivity contribution in [2.45, 2.75) is 5.33 Å². The molecule has 0 N–H and O–H groups in total. The highest BCUT2D eigenvalue weighted by Gasteiger charge is 2.15. The highest BCUT2D eigenvalue weighted by atomic mass is 79.9. The van der Waals surface area contributed by atoms with Crippen molar-refractivity contribution in [2.24, 2.45) is 0 Å². The van der Waals surface area contributed by atoms with Gasteiger partial charge in [-0.1, -0.05) is 28.1 Å². The van der Waals surface area contributed by atoms with Crippen molar-refractivity contribution in [1.82, 2.24) is 0 Å². The van der Waals surface area contributed by atoms with Gasteiger partial charge in [0.05, 0.1) is 4.92 Å². The molecule has 66 valence electrons. The number of hydrogen-bond acceptors (Lipinski definition) is 3. The zero-order chi connectivity index (χ0) is 9.84. The molecule has 0 aromatic heterocycles. The molecule has 0 saturated carbocycles. The Balaban J connectivity index is 3.38. The van der Waals surface area contributed by atoms with Crippen LogP contribution in [0.4, 0.5) is 5.69 Å². The van der Waals surface area contributed by atoms with E-state index >= 15 is 0 Å². The number of nitro benzene ring substituents is 1. The van der Waals surface area contributed by atoms with Gasteiger partial charge in [-0.25, -0.2) is 0 Å². The normalized spacial score (nSPS) is 9.23. The first-order chi connectivity index (χ1) is 6.20. The lowest BCUT2D eigenvalue weighted by Gasteiger charge is -1.98. The average molecular weight is 241 g/mol. The number of alkyl halides is 1. The Morgan fingerprint density at radius 2 is 2.31 bits per heavy atom. The van der Waals surface area contributed by atoms with Gasteiger partial charge in [-0.3, -0.25) is 10.1 Å². The highest BCUT2D eigenvalue weighted by Crippen LogP contribution is 2.22. The van der Waals surface area contributed by atoms with Crippen molar-refractivity contribution in [3.8, 4) is 6.07 Å². The van der Waals surface area contributed by atoms with Crippen LogP contribution in [0.3, 0.4) is 0 Å². The molecule has 1 rings (SSSR count). The molecule has 5 heteroatoms. The van der Waals surface area contributed by atoms with Crippen LogP contribution in [0.5, 0.6) is 0 Å². The van der Waals surface area contributed by atoms with Gasteiger partial charge in [0, 0.05) is 11.4 Å². The third-order valence-electron chi connectivity index (χ3n) is 1.58. The molecule has 13 heavy (non-hydrogen) atoms. The first-order valence-corrected chi connectivity index (χ1v) is 4.55. The maximum absolute atomic E-state index is 10.5. The fourth-order valence-corrected chi connectivity index (χ4v) is 1.45. The quantitative estimate of drug-likeness (QED) is 0.453. The van der Waals surface area contributed by atoms with E-state index in [1.54, 1.807) is 12.1 Å². The van der Waals surface area contributed by atoms with E-state index in [0.29, 0.717) is 10.9 Å². The van der Waals surface area contributed by atoms with Crippen LogP contribution < -0.4 is 0 Å². The van der Waals surface area contributed by atoms with E-state index in [1.165, 1.54) is 6.07 Å². The predicted molar refractivity (Wildman–Crippen MR) is 50.4 cm³/mol. The highest BCUT2D eigenvalue weighted by molar-refractivity contribution is 9.08. The summed E-state index contributed by atoms with van der Waals surface area (Å²) < 4.78 is 0. The second-order valence-corrected chi connectivity index (χ2v) is 2.87. The summed E-state index contributed by atoms with van der Waals surface area (Å²) in [6.07, 6.45) is 0. The molecule has 0 spiro atoms. The lowest BCUT2D eigenvalue weighted by molar-refractivity contribution is -0.385. The summed E-state index contributed by atoms with van der Waals surface area (Å²) in [5.74, 6) is 0. The van der Waals surface area contributed by atoms with E-state index in [2.05, 4.69) is 15.9 Å². The standard InChI is InChI=1S/C8H5BrN2O2/c9-4-6-2-1-3-8(11(12)13)7(6)5-10/h1-3H,4H2. The molecular weight excluding hydrogens is 236 g/mol. The number of nitriles is 1. The number of halogens is 1. The topological polar surface area (TPSA) is 66.9 Å². The maximum Gasteiger partial charge on any atom is 0.287 e. The van der Waals surface area contributed by atoms with Crippen LogP contribution in [-0.4, -0.2) is 4.92 Å². The smallest absolute Gasteiger partial charge is 0.258 e. The molecule has 1 aromatic carbocycles. The van der Waals surface area contributed by atoms with Gasteiger partial charge in [0.15, 0.2) is 0 Å². The summed E-state index contributed by atoms with van der Waals surface area (Å²) in [5, 5.41) is 19.6. The van der Waals surface area contributed by atoms with Crippen LogP contribution >= 0.6 is 15.9 Å². The van der Waals surface area contributed by atoms with Crippen LogP contribution in [-0.2, 0) is 5.33 Å². The number of rotatable bonds is 2. The predicted octanol–water partition coefficient (Wildman–Crippen LogP) is 2.36. The number of benzene rings is 1. The average Bonchev–Trinajstić information content (AvgIpc) is 2.16. The number of nitrogens with zero attached hydrogens (tertiary/aromatic N) is 2. The fourth-order valence-electron chi connectivity index (χ4n) is 0.979. The van der Waals surface area contributed by atoms with Crippen LogP contribution in [0.2, 0.25) is 0 Å². The largest absolute Gasteiger partial charge is 0.287 e. The zero-order valence-corrected chi connectivity index (χ0v) is 8.11. The molecule has 0 heterocycles. The summed E-state index contributed by atoms with van der Waals surface area (Å²) >= 11 is 3.16. The van der Waals surface area contributed by atoms with Crippen molar-refractivity contribution in [3.63, 3.8) is 0 Å². The van der Waals surface area contributed by atoms with E-state index in [1.807, 2.05) is 6.07 Å². The van der Waals surface area contributed by atoms with Crippen molar-refractivity contribution in [3.05, 3.63) is 39.4 Å². The minimum Gasteiger partial charge on any atom is -0.258 e. The summed E-state index contributed by atoms with van der Waals surface area (Å²) in [4.78, 5) is 9.94. The first kappa shape index (κ1) is 9.68. The Morgan fingerprint density at radius 1 is 1.62 bits per heavy atom. The molecule has 0 saturated heterocycles. The van der Waals surface area contributed by atoms with Gasteiger partial charge in [-0.05, 0) is 5.56 Å². The Kier molecular flexibility index (Phi) is 2.98. The van der Waals surface area contributed by atoms with Gasteiger partial charge in [0.25, 0.3) is 5.69 Å². The molecule has 0 amide bonds. The molecule has 4 nitrogen and oxygen atoms in total. The minimum absolute atomic E-state index is 0.129. The zero-order valence-electron chi connectivity index (χ0n) is 6.53. The summed E-state index contributed by atoms with van der Waals surface area (Å²) in [6, 6.07) is 6.39. The van der Waals surface area contributed by atoms with Crippen LogP contribution in [0, 0.1) is 21.4 Å². The van der Waals surface area contributed by atoms with E-state index in [-0.39, 0.29) is 11.3 Å². The van der Waals surface area contributed by atoms with Crippen molar-refractivity contribution >= 4 is 21.6 Å². The Labute approximate surface area is 83.1 Å². The Bertz CT molecular complexity index is 384. The van der Waals surface area contributed by atoms with E-state index < -0.39 is 4.92 Å². The second-order valence-electron chi connectivity index (χ2n) is 2.31. The monoisotopic (exact) mass is 240 g/mol. The van der Waals surface area contributed by atoms with Gasteiger partial charge in [0.2, 0.25) is 0 Å². The van der Waals surface area contributed by atoms with Gasteiger partial charge >= 0.3 is 0 Å². The molecule has 0 radical (unpaired) electrons. The van der Waals surface area contributed by atoms with Crippen LogP contribution in [0.25, 0.3) is 0 Å². The lowest BCUT2D eigenvalue weighted by atomic mass is 10.1. The molecule has 0 bridgehead atoms. The second kappa shape index (κ2) is 4.01. The third kappa shape index (κ3) is 1.84. The summed E-state index contributed by atoms with van der Waals surface area (Å²) in [5.41, 5.74) is 0.625. The number of hydrogen-bond donors (Lipinski definition) is 0. The van der Waals surface area contributed by atoms with Crippen LogP contribution in [0.15, 0.2) is 18.2 Å². The maximum atomic E-state index is 10.5. The molecule has 0 unspecified atom stereocenters. The minimum atomic E-state index is -0.551.